The van der Waals surface area contributed by atoms with Gasteiger partial charge in [-0.25, -0.2) is 4.39 Å². The Morgan fingerprint density at radius 3 is 3.00 bits per heavy atom. The average molecular weight is 156 g/mol. The van der Waals surface area contributed by atoms with E-state index in [0.717, 1.165) is 6.20 Å². The Balaban J connectivity index is 2.95. The monoisotopic (exact) mass is 156 g/mol. The standard InChI is InChI=1S/C5H5FN4O/c1-8-11-5-9-2-3(6)4(7)10-5/h2H,1H2,(H2,7,9,10). The lowest BCUT2D eigenvalue weighted by molar-refractivity contribution is 0.315. The molecular formula is C5H5FN4O. The lowest BCUT2D eigenvalue weighted by Gasteiger charge is -1.96. The highest BCUT2D eigenvalue weighted by molar-refractivity contribution is 5.29. The molecule has 2 N–H and O–H groups in total. The molecule has 0 amide bonds. The number of rotatable bonds is 2. The second-order valence-corrected chi connectivity index (χ2v) is 1.61. The van der Waals surface area contributed by atoms with Crippen LogP contribution in [0.2, 0.25) is 0 Å². The van der Waals surface area contributed by atoms with Gasteiger partial charge in [-0.2, -0.15) is 9.97 Å². The quantitative estimate of drug-likeness (QED) is 0.490. The number of nitrogens with two attached hydrogens (primary N) is 1. The second kappa shape index (κ2) is 2.91. The Hall–Kier alpha value is -1.72. The van der Waals surface area contributed by atoms with E-state index < -0.39 is 5.82 Å². The molecule has 0 aromatic carbocycles. The summed E-state index contributed by atoms with van der Waals surface area (Å²) < 4.78 is 12.4. The molecule has 0 unspecified atom stereocenters. The predicted octanol–water partition coefficient (Wildman–Crippen LogP) is 0.192. The number of aromatic nitrogens is 2. The van der Waals surface area contributed by atoms with E-state index in [9.17, 15) is 4.39 Å². The highest BCUT2D eigenvalue weighted by Crippen LogP contribution is 2.08. The van der Waals surface area contributed by atoms with Gasteiger partial charge >= 0.3 is 6.01 Å². The summed E-state index contributed by atoms with van der Waals surface area (Å²) in [5.74, 6) is -0.972. The van der Waals surface area contributed by atoms with Crippen LogP contribution in [0.15, 0.2) is 11.4 Å². The van der Waals surface area contributed by atoms with Crippen molar-refractivity contribution in [1.82, 2.24) is 9.97 Å². The molecule has 1 heterocycles. The first-order chi connectivity index (χ1) is 5.24. The summed E-state index contributed by atoms with van der Waals surface area (Å²) in [7, 11) is 0. The first-order valence-corrected chi connectivity index (χ1v) is 2.65. The van der Waals surface area contributed by atoms with Crippen LogP contribution in [0.5, 0.6) is 6.01 Å². The number of hydrogen-bond acceptors (Lipinski definition) is 5. The summed E-state index contributed by atoms with van der Waals surface area (Å²) in [6.07, 6.45) is 0.892. The summed E-state index contributed by atoms with van der Waals surface area (Å²) in [5, 5.41) is 3.02. The van der Waals surface area contributed by atoms with Gasteiger partial charge in [-0.3, -0.25) is 0 Å². The van der Waals surface area contributed by atoms with Gasteiger partial charge in [-0.1, -0.05) is 5.16 Å². The van der Waals surface area contributed by atoms with Crippen molar-refractivity contribution in [2.45, 2.75) is 0 Å². The van der Waals surface area contributed by atoms with Gasteiger partial charge in [0.15, 0.2) is 11.6 Å². The second-order valence-electron chi connectivity index (χ2n) is 1.61. The molecule has 1 aromatic rings. The molecule has 1 aromatic heterocycles. The molecule has 0 spiro atoms. The highest BCUT2D eigenvalue weighted by atomic mass is 19.1. The third kappa shape index (κ3) is 1.60. The summed E-state index contributed by atoms with van der Waals surface area (Å²) in [5.41, 5.74) is 5.08. The van der Waals surface area contributed by atoms with Crippen LogP contribution in [0.4, 0.5) is 10.2 Å². The normalized spacial score (nSPS) is 9.18. The summed E-state index contributed by atoms with van der Waals surface area (Å²) in [6, 6.07) is -0.126. The maximum atomic E-state index is 12.4. The minimum Gasteiger partial charge on any atom is -0.381 e. The van der Waals surface area contributed by atoms with E-state index in [-0.39, 0.29) is 11.8 Å². The van der Waals surface area contributed by atoms with Crippen LogP contribution in [-0.4, -0.2) is 16.7 Å². The SMILES string of the molecule is C=NOc1ncc(F)c(N)n1. The molecule has 1 rings (SSSR count). The molecule has 0 fully saturated rings. The Kier molecular flexibility index (Phi) is 1.95. The maximum absolute atomic E-state index is 12.4. The summed E-state index contributed by atoms with van der Waals surface area (Å²) in [4.78, 5) is 11.2. The van der Waals surface area contributed by atoms with Gasteiger partial charge in [-0.15, -0.1) is 0 Å². The summed E-state index contributed by atoms with van der Waals surface area (Å²) in [6.45, 7) is 3.02. The van der Waals surface area contributed by atoms with Crippen molar-refractivity contribution >= 4 is 12.5 Å². The van der Waals surface area contributed by atoms with Crippen LogP contribution in [-0.2, 0) is 0 Å². The number of nitrogen functional groups attached to an aromatic ring is 1. The lowest BCUT2D eigenvalue weighted by Crippen LogP contribution is -1.98. The van der Waals surface area contributed by atoms with E-state index in [4.69, 9.17) is 5.73 Å². The number of oxime groups is 1. The first kappa shape index (κ1) is 7.39. The minimum absolute atomic E-state index is 0.126. The molecule has 0 aliphatic heterocycles. The predicted molar refractivity (Wildman–Crippen MR) is 36.6 cm³/mol. The van der Waals surface area contributed by atoms with E-state index in [0.29, 0.717) is 0 Å². The van der Waals surface area contributed by atoms with Crippen molar-refractivity contribution in [3.63, 3.8) is 0 Å². The zero-order chi connectivity index (χ0) is 8.27. The smallest absolute Gasteiger partial charge is 0.347 e. The molecule has 0 saturated heterocycles. The molecule has 0 radical (unpaired) electrons. The van der Waals surface area contributed by atoms with E-state index in [1.165, 1.54) is 0 Å². The van der Waals surface area contributed by atoms with Crippen molar-refractivity contribution < 1.29 is 9.23 Å². The molecule has 6 heteroatoms. The molecule has 0 aliphatic rings. The third-order valence-corrected chi connectivity index (χ3v) is 0.895. The maximum Gasteiger partial charge on any atom is 0.347 e. The van der Waals surface area contributed by atoms with Gasteiger partial charge in [-0.05, 0) is 0 Å². The van der Waals surface area contributed by atoms with Gasteiger partial charge in [0.2, 0.25) is 0 Å². The molecule has 5 nitrogen and oxygen atoms in total. The van der Waals surface area contributed by atoms with Crippen LogP contribution < -0.4 is 10.6 Å². The highest BCUT2D eigenvalue weighted by Gasteiger charge is 2.02. The van der Waals surface area contributed by atoms with Crippen molar-refractivity contribution in [2.75, 3.05) is 5.73 Å². The van der Waals surface area contributed by atoms with Crippen molar-refractivity contribution in [2.24, 2.45) is 5.16 Å². The van der Waals surface area contributed by atoms with Crippen LogP contribution >= 0.6 is 0 Å². The van der Waals surface area contributed by atoms with E-state index in [2.05, 4.69) is 26.7 Å². The molecular weight excluding hydrogens is 151 g/mol. The molecule has 58 valence electrons. The Labute approximate surface area is 61.7 Å². The van der Waals surface area contributed by atoms with Gasteiger partial charge in [0, 0.05) is 6.72 Å². The van der Waals surface area contributed by atoms with Crippen LogP contribution in [0.3, 0.4) is 0 Å². The molecule has 0 aliphatic carbocycles. The van der Waals surface area contributed by atoms with Gasteiger partial charge in [0.05, 0.1) is 6.20 Å². The molecule has 0 saturated carbocycles. The average Bonchev–Trinajstić information content (AvgIpc) is 1.98. The van der Waals surface area contributed by atoms with Crippen LogP contribution in [0, 0.1) is 5.82 Å². The number of nitrogens with zero attached hydrogens (tertiary/aromatic N) is 3. The Bertz CT molecular complexity index is 277. The third-order valence-electron chi connectivity index (χ3n) is 0.895. The van der Waals surface area contributed by atoms with Gasteiger partial charge < -0.3 is 10.6 Å². The lowest BCUT2D eigenvalue weighted by atomic mass is 10.6. The molecule has 11 heavy (non-hydrogen) atoms. The zero-order valence-corrected chi connectivity index (χ0v) is 5.49. The van der Waals surface area contributed by atoms with Gasteiger partial charge in [0.1, 0.15) is 0 Å². The van der Waals surface area contributed by atoms with Crippen molar-refractivity contribution in [3.8, 4) is 6.01 Å². The van der Waals surface area contributed by atoms with Crippen LogP contribution in [0.1, 0.15) is 0 Å². The largest absolute Gasteiger partial charge is 0.381 e. The fourth-order valence-corrected chi connectivity index (χ4v) is 0.465. The van der Waals surface area contributed by atoms with E-state index >= 15 is 0 Å². The summed E-state index contributed by atoms with van der Waals surface area (Å²) >= 11 is 0. The fraction of sp³-hybridized carbons (Fsp3) is 0. The Morgan fingerprint density at radius 2 is 2.45 bits per heavy atom. The first-order valence-electron chi connectivity index (χ1n) is 2.65. The van der Waals surface area contributed by atoms with Crippen molar-refractivity contribution in [1.29, 1.82) is 0 Å². The molecule has 0 bridgehead atoms. The topological polar surface area (TPSA) is 73.4 Å². The van der Waals surface area contributed by atoms with Gasteiger partial charge in [0.25, 0.3) is 0 Å². The minimum atomic E-state index is -0.693. The van der Waals surface area contributed by atoms with Crippen LogP contribution in [0.25, 0.3) is 0 Å². The molecule has 0 atom stereocenters. The fourth-order valence-electron chi connectivity index (χ4n) is 0.465. The zero-order valence-electron chi connectivity index (χ0n) is 5.49. The van der Waals surface area contributed by atoms with E-state index in [1.807, 2.05) is 0 Å². The number of halogens is 1. The van der Waals surface area contributed by atoms with Crippen molar-refractivity contribution in [3.05, 3.63) is 12.0 Å². The number of anilines is 1. The Morgan fingerprint density at radius 1 is 1.73 bits per heavy atom. The number of hydrogen-bond donors (Lipinski definition) is 1. The van der Waals surface area contributed by atoms with E-state index in [1.54, 1.807) is 0 Å².